The van der Waals surface area contributed by atoms with E-state index in [-0.39, 0.29) is 11.7 Å². The lowest BCUT2D eigenvalue weighted by Gasteiger charge is -2.13. The van der Waals surface area contributed by atoms with Crippen molar-refractivity contribution in [1.82, 2.24) is 5.43 Å². The number of amides is 1. The van der Waals surface area contributed by atoms with Crippen LogP contribution in [0.1, 0.15) is 33.2 Å². The van der Waals surface area contributed by atoms with Gasteiger partial charge in [0.15, 0.2) is 11.5 Å². The Hall–Kier alpha value is -3.97. The summed E-state index contributed by atoms with van der Waals surface area (Å²) in [5.74, 6) is -0.160. The van der Waals surface area contributed by atoms with E-state index in [9.17, 15) is 9.59 Å². The van der Waals surface area contributed by atoms with Crippen LogP contribution in [0.2, 0.25) is 0 Å². The molecule has 0 heterocycles. The first kappa shape index (κ1) is 23.2. The van der Waals surface area contributed by atoms with Gasteiger partial charge in [0.1, 0.15) is 0 Å². The van der Waals surface area contributed by atoms with Gasteiger partial charge in [-0.1, -0.05) is 54.6 Å². The molecular formula is C27H21BrN2O4. The smallest absolute Gasteiger partial charge is 0.343 e. The summed E-state index contributed by atoms with van der Waals surface area (Å²) < 4.78 is 11.8. The number of benzene rings is 4. The van der Waals surface area contributed by atoms with E-state index >= 15 is 0 Å². The predicted octanol–water partition coefficient (Wildman–Crippen LogP) is 5.98. The summed E-state index contributed by atoms with van der Waals surface area (Å²) in [6, 6.07) is 25.3. The van der Waals surface area contributed by atoms with Gasteiger partial charge in [-0.3, -0.25) is 4.79 Å². The number of carbonyl (C=O) groups is 2. The van der Waals surface area contributed by atoms with Gasteiger partial charge in [0.05, 0.1) is 22.9 Å². The van der Waals surface area contributed by atoms with Crippen molar-refractivity contribution >= 4 is 44.8 Å². The average molecular weight is 517 g/mol. The molecule has 0 spiro atoms. The van der Waals surface area contributed by atoms with Crippen molar-refractivity contribution in [2.45, 2.75) is 6.92 Å². The minimum absolute atomic E-state index is 0.271. The van der Waals surface area contributed by atoms with Crippen molar-refractivity contribution in [3.8, 4) is 11.5 Å². The van der Waals surface area contributed by atoms with E-state index in [2.05, 4.69) is 26.5 Å². The molecule has 0 saturated heterocycles. The second kappa shape index (κ2) is 10.8. The molecule has 0 saturated carbocycles. The Morgan fingerprint density at radius 1 is 0.971 bits per heavy atom. The summed E-state index contributed by atoms with van der Waals surface area (Å²) in [6.45, 7) is 2.21. The van der Waals surface area contributed by atoms with Crippen LogP contribution in [0.25, 0.3) is 10.8 Å². The molecule has 1 amide bonds. The lowest BCUT2D eigenvalue weighted by molar-refractivity contribution is 0.0726. The molecule has 34 heavy (non-hydrogen) atoms. The standard InChI is InChI=1S/C27H21BrN2O4/c1-2-33-24-16-18(15-23(28)25(24)34-27(32)20-10-4-3-5-11-20)17-29-30-26(31)22-14-8-12-19-9-6-7-13-21(19)22/h3-17H,2H2,1H3,(H,30,31)/b29-17-. The zero-order valence-corrected chi connectivity index (χ0v) is 19.9. The fourth-order valence-electron chi connectivity index (χ4n) is 3.40. The molecule has 0 aromatic heterocycles. The Bertz CT molecular complexity index is 1360. The zero-order valence-electron chi connectivity index (χ0n) is 18.3. The fourth-order valence-corrected chi connectivity index (χ4v) is 3.94. The van der Waals surface area contributed by atoms with Gasteiger partial charge in [0.2, 0.25) is 0 Å². The molecule has 0 aliphatic carbocycles. The fraction of sp³-hybridized carbons (Fsp3) is 0.0741. The Kier molecular flexibility index (Phi) is 7.34. The quantitative estimate of drug-likeness (QED) is 0.142. The van der Waals surface area contributed by atoms with Crippen molar-refractivity contribution in [2.24, 2.45) is 5.10 Å². The Balaban J connectivity index is 1.53. The Morgan fingerprint density at radius 3 is 2.50 bits per heavy atom. The number of hydrogen-bond acceptors (Lipinski definition) is 5. The van der Waals surface area contributed by atoms with Crippen LogP contribution >= 0.6 is 15.9 Å². The largest absolute Gasteiger partial charge is 0.490 e. The first-order valence-corrected chi connectivity index (χ1v) is 11.4. The summed E-state index contributed by atoms with van der Waals surface area (Å²) >= 11 is 3.45. The number of esters is 1. The number of nitrogens with zero attached hydrogens (tertiary/aromatic N) is 1. The van der Waals surface area contributed by atoms with E-state index < -0.39 is 5.97 Å². The van der Waals surface area contributed by atoms with Gasteiger partial charge < -0.3 is 9.47 Å². The van der Waals surface area contributed by atoms with Crippen molar-refractivity contribution in [3.05, 3.63) is 106 Å². The predicted molar refractivity (Wildman–Crippen MR) is 136 cm³/mol. The third kappa shape index (κ3) is 5.32. The average Bonchev–Trinajstić information content (AvgIpc) is 2.86. The normalized spacial score (nSPS) is 10.9. The Morgan fingerprint density at radius 2 is 1.71 bits per heavy atom. The Labute approximate surface area is 205 Å². The lowest BCUT2D eigenvalue weighted by Crippen LogP contribution is -2.18. The van der Waals surface area contributed by atoms with Gasteiger partial charge in [-0.25, -0.2) is 10.2 Å². The molecule has 7 heteroatoms. The zero-order chi connectivity index (χ0) is 23.9. The molecule has 1 N–H and O–H groups in total. The molecule has 170 valence electrons. The van der Waals surface area contributed by atoms with Gasteiger partial charge >= 0.3 is 5.97 Å². The molecular weight excluding hydrogens is 496 g/mol. The van der Waals surface area contributed by atoms with Crippen molar-refractivity contribution in [2.75, 3.05) is 6.61 Å². The highest BCUT2D eigenvalue weighted by atomic mass is 79.9. The highest BCUT2D eigenvalue weighted by Crippen LogP contribution is 2.37. The van der Waals surface area contributed by atoms with Gasteiger partial charge in [-0.15, -0.1) is 0 Å². The third-order valence-corrected chi connectivity index (χ3v) is 5.54. The van der Waals surface area contributed by atoms with Crippen LogP contribution in [0.3, 0.4) is 0 Å². The van der Waals surface area contributed by atoms with Crippen molar-refractivity contribution in [1.29, 1.82) is 0 Å². The van der Waals surface area contributed by atoms with Gasteiger partial charge in [-0.05, 0) is 69.5 Å². The number of carbonyl (C=O) groups excluding carboxylic acids is 2. The summed E-state index contributed by atoms with van der Waals surface area (Å²) in [6.07, 6.45) is 1.50. The van der Waals surface area contributed by atoms with Crippen LogP contribution < -0.4 is 14.9 Å². The second-order valence-corrected chi connectivity index (χ2v) is 8.10. The number of fused-ring (bicyclic) bond motifs is 1. The van der Waals surface area contributed by atoms with E-state index in [0.717, 1.165) is 10.8 Å². The van der Waals surface area contributed by atoms with Gasteiger partial charge in [-0.2, -0.15) is 5.10 Å². The maximum atomic E-state index is 12.7. The summed E-state index contributed by atoms with van der Waals surface area (Å²) in [4.78, 5) is 25.2. The number of ether oxygens (including phenoxy) is 2. The minimum Gasteiger partial charge on any atom is -0.490 e. The van der Waals surface area contributed by atoms with Crippen molar-refractivity contribution < 1.29 is 19.1 Å². The molecule has 0 fully saturated rings. The van der Waals surface area contributed by atoms with E-state index in [0.29, 0.717) is 33.5 Å². The molecule has 4 aromatic rings. The first-order valence-electron chi connectivity index (χ1n) is 10.6. The van der Waals surface area contributed by atoms with E-state index in [1.54, 1.807) is 42.5 Å². The summed E-state index contributed by atoms with van der Waals surface area (Å²) in [5, 5.41) is 5.92. The molecule has 0 aliphatic heterocycles. The number of hydrazone groups is 1. The third-order valence-electron chi connectivity index (χ3n) is 4.95. The van der Waals surface area contributed by atoms with E-state index in [1.807, 2.05) is 49.4 Å². The van der Waals surface area contributed by atoms with Crippen LogP contribution in [0.5, 0.6) is 11.5 Å². The molecule has 0 unspecified atom stereocenters. The molecule has 0 bridgehead atoms. The molecule has 6 nitrogen and oxygen atoms in total. The SMILES string of the molecule is CCOc1cc(/C=N\NC(=O)c2cccc3ccccc23)cc(Br)c1OC(=O)c1ccccc1. The molecule has 4 aromatic carbocycles. The van der Waals surface area contributed by atoms with Crippen LogP contribution in [0.4, 0.5) is 0 Å². The molecule has 0 radical (unpaired) electrons. The summed E-state index contributed by atoms with van der Waals surface area (Å²) in [5.41, 5.74) is 4.18. The highest BCUT2D eigenvalue weighted by molar-refractivity contribution is 9.10. The highest BCUT2D eigenvalue weighted by Gasteiger charge is 2.17. The number of halogens is 1. The topological polar surface area (TPSA) is 77.0 Å². The van der Waals surface area contributed by atoms with Gasteiger partial charge in [0.25, 0.3) is 5.91 Å². The van der Waals surface area contributed by atoms with Crippen LogP contribution in [-0.2, 0) is 0 Å². The minimum atomic E-state index is -0.494. The lowest BCUT2D eigenvalue weighted by atomic mass is 10.0. The van der Waals surface area contributed by atoms with E-state index in [4.69, 9.17) is 9.47 Å². The summed E-state index contributed by atoms with van der Waals surface area (Å²) in [7, 11) is 0. The molecule has 0 aliphatic rings. The van der Waals surface area contributed by atoms with Gasteiger partial charge in [0, 0.05) is 5.56 Å². The molecule has 0 atom stereocenters. The number of hydrogen-bond donors (Lipinski definition) is 1. The monoisotopic (exact) mass is 516 g/mol. The second-order valence-electron chi connectivity index (χ2n) is 7.24. The maximum Gasteiger partial charge on any atom is 0.343 e. The van der Waals surface area contributed by atoms with Crippen LogP contribution in [-0.4, -0.2) is 24.7 Å². The maximum absolute atomic E-state index is 12.7. The molecule has 4 rings (SSSR count). The van der Waals surface area contributed by atoms with Crippen LogP contribution in [0.15, 0.2) is 94.5 Å². The van der Waals surface area contributed by atoms with E-state index in [1.165, 1.54) is 6.21 Å². The first-order chi connectivity index (χ1) is 16.6. The number of rotatable bonds is 7. The van der Waals surface area contributed by atoms with Crippen LogP contribution in [0, 0.1) is 0 Å². The van der Waals surface area contributed by atoms with Crippen molar-refractivity contribution in [3.63, 3.8) is 0 Å². The number of nitrogens with one attached hydrogen (secondary N) is 1.